The van der Waals surface area contributed by atoms with Crippen molar-refractivity contribution in [2.24, 2.45) is 5.41 Å². The van der Waals surface area contributed by atoms with E-state index in [0.717, 1.165) is 25.9 Å². The lowest BCUT2D eigenvalue weighted by molar-refractivity contribution is 0.120. The second-order valence-corrected chi connectivity index (χ2v) is 7.15. The van der Waals surface area contributed by atoms with Gasteiger partial charge < -0.3 is 10.1 Å². The van der Waals surface area contributed by atoms with Crippen molar-refractivity contribution in [1.29, 1.82) is 0 Å². The molecule has 0 aliphatic carbocycles. The van der Waals surface area contributed by atoms with Crippen molar-refractivity contribution in [3.8, 4) is 11.6 Å². The summed E-state index contributed by atoms with van der Waals surface area (Å²) >= 11 is 0. The van der Waals surface area contributed by atoms with Crippen LogP contribution in [0, 0.1) is 17.0 Å². The first-order valence-corrected chi connectivity index (χ1v) is 8.83. The predicted molar refractivity (Wildman–Crippen MR) is 96.7 cm³/mol. The molecule has 3 aromatic rings. The van der Waals surface area contributed by atoms with E-state index in [1.54, 1.807) is 30.3 Å². The number of hydrogen-bond acceptors (Lipinski definition) is 3. The van der Waals surface area contributed by atoms with Crippen molar-refractivity contribution in [3.63, 3.8) is 0 Å². The van der Waals surface area contributed by atoms with Crippen LogP contribution in [-0.2, 0) is 0 Å². The van der Waals surface area contributed by atoms with E-state index < -0.39 is 11.6 Å². The molecular formula is C20H21F2N3O. The summed E-state index contributed by atoms with van der Waals surface area (Å²) in [5.41, 5.74) is 0.775. The molecule has 0 amide bonds. The summed E-state index contributed by atoms with van der Waals surface area (Å²) in [7, 11) is 0. The maximum atomic E-state index is 14.5. The molecule has 4 nitrogen and oxygen atoms in total. The van der Waals surface area contributed by atoms with Gasteiger partial charge in [0, 0.05) is 5.41 Å². The molecular weight excluding hydrogens is 336 g/mol. The molecule has 1 saturated heterocycles. The molecule has 0 atom stereocenters. The fourth-order valence-corrected chi connectivity index (χ4v) is 3.42. The highest BCUT2D eigenvalue weighted by atomic mass is 19.1. The number of hydrogen-bond donors (Lipinski definition) is 1. The Morgan fingerprint density at radius 1 is 1.08 bits per heavy atom. The molecule has 1 aromatic heterocycles. The smallest absolute Gasteiger partial charge is 0.244 e. The van der Waals surface area contributed by atoms with Gasteiger partial charge >= 0.3 is 0 Å². The average molecular weight is 357 g/mol. The fourth-order valence-electron chi connectivity index (χ4n) is 3.42. The van der Waals surface area contributed by atoms with Crippen LogP contribution in [0.1, 0.15) is 19.8 Å². The molecule has 0 unspecified atom stereocenters. The highest BCUT2D eigenvalue weighted by molar-refractivity contribution is 5.86. The lowest BCUT2D eigenvalue weighted by Crippen LogP contribution is -2.38. The first kappa shape index (κ1) is 17.0. The van der Waals surface area contributed by atoms with Gasteiger partial charge in [0.1, 0.15) is 17.3 Å². The maximum absolute atomic E-state index is 14.5. The molecule has 26 heavy (non-hydrogen) atoms. The van der Waals surface area contributed by atoms with Crippen LogP contribution in [-0.4, -0.2) is 29.5 Å². The summed E-state index contributed by atoms with van der Waals surface area (Å²) in [6.45, 7) is 4.50. The van der Waals surface area contributed by atoms with Crippen molar-refractivity contribution >= 4 is 10.9 Å². The Hall–Kier alpha value is -2.47. The van der Waals surface area contributed by atoms with Crippen LogP contribution in [0.5, 0.6) is 5.88 Å². The Morgan fingerprint density at radius 3 is 2.58 bits per heavy atom. The third-order valence-electron chi connectivity index (χ3n) is 5.07. The lowest BCUT2D eigenvalue weighted by Gasteiger charge is -2.33. The second-order valence-electron chi connectivity index (χ2n) is 7.15. The van der Waals surface area contributed by atoms with Gasteiger partial charge in [0.15, 0.2) is 0 Å². The van der Waals surface area contributed by atoms with E-state index in [1.807, 2.05) is 0 Å². The number of nitrogens with zero attached hydrogens (tertiary/aromatic N) is 2. The quantitative estimate of drug-likeness (QED) is 0.765. The van der Waals surface area contributed by atoms with Crippen LogP contribution < -0.4 is 10.1 Å². The van der Waals surface area contributed by atoms with Crippen molar-refractivity contribution in [3.05, 3.63) is 54.1 Å². The summed E-state index contributed by atoms with van der Waals surface area (Å²) in [5.74, 6) is -0.630. The lowest BCUT2D eigenvalue weighted by atomic mass is 9.82. The second kappa shape index (κ2) is 6.68. The van der Waals surface area contributed by atoms with Crippen LogP contribution in [0.3, 0.4) is 0 Å². The Balaban J connectivity index is 1.74. The largest absolute Gasteiger partial charge is 0.476 e. The van der Waals surface area contributed by atoms with Gasteiger partial charge in [-0.05, 0) is 50.2 Å². The van der Waals surface area contributed by atoms with E-state index in [0.29, 0.717) is 12.1 Å². The maximum Gasteiger partial charge on any atom is 0.244 e. The van der Waals surface area contributed by atoms with Crippen LogP contribution in [0.2, 0.25) is 0 Å². The van der Waals surface area contributed by atoms with Gasteiger partial charge in [0.25, 0.3) is 0 Å². The Bertz CT molecular complexity index is 932. The first-order valence-electron chi connectivity index (χ1n) is 8.83. The Morgan fingerprint density at radius 2 is 1.81 bits per heavy atom. The topological polar surface area (TPSA) is 39.1 Å². The molecule has 0 spiro atoms. The molecule has 0 bridgehead atoms. The van der Waals surface area contributed by atoms with E-state index in [9.17, 15) is 8.78 Å². The van der Waals surface area contributed by atoms with E-state index in [1.165, 1.54) is 16.8 Å². The molecule has 1 N–H and O–H groups in total. The van der Waals surface area contributed by atoms with Crippen molar-refractivity contribution in [2.45, 2.75) is 19.8 Å². The zero-order chi connectivity index (χ0) is 18.1. The molecule has 1 aliphatic rings. The molecule has 1 fully saturated rings. The van der Waals surface area contributed by atoms with E-state index in [4.69, 9.17) is 4.74 Å². The minimum Gasteiger partial charge on any atom is -0.476 e. The van der Waals surface area contributed by atoms with Gasteiger partial charge in [-0.25, -0.2) is 13.5 Å². The van der Waals surface area contributed by atoms with Crippen LogP contribution in [0.15, 0.2) is 42.5 Å². The molecule has 1 aliphatic heterocycles. The molecule has 2 heterocycles. The molecule has 0 saturated carbocycles. The van der Waals surface area contributed by atoms with E-state index in [2.05, 4.69) is 17.3 Å². The van der Waals surface area contributed by atoms with Gasteiger partial charge in [-0.15, -0.1) is 5.10 Å². The number of halogens is 2. The van der Waals surface area contributed by atoms with Crippen LogP contribution >= 0.6 is 0 Å². The summed E-state index contributed by atoms with van der Waals surface area (Å²) in [6, 6.07) is 11.0. The van der Waals surface area contributed by atoms with Crippen molar-refractivity contribution in [2.75, 3.05) is 19.7 Å². The monoisotopic (exact) mass is 357 g/mol. The van der Waals surface area contributed by atoms with Gasteiger partial charge in [-0.1, -0.05) is 25.1 Å². The summed E-state index contributed by atoms with van der Waals surface area (Å²) in [5, 5.41) is 8.01. The van der Waals surface area contributed by atoms with Gasteiger partial charge in [-0.3, -0.25) is 0 Å². The Kier molecular flexibility index (Phi) is 4.36. The fraction of sp³-hybridized carbons (Fsp3) is 0.350. The molecule has 4 rings (SSSR count). The highest BCUT2D eigenvalue weighted by Gasteiger charge is 2.29. The molecule has 2 aromatic carbocycles. The highest BCUT2D eigenvalue weighted by Crippen LogP contribution is 2.33. The molecule has 0 radical (unpaired) electrons. The number of para-hydroxylation sites is 1. The van der Waals surface area contributed by atoms with Crippen molar-refractivity contribution in [1.82, 2.24) is 15.1 Å². The van der Waals surface area contributed by atoms with E-state index >= 15 is 0 Å². The number of ether oxygens (including phenoxy) is 1. The number of rotatable bonds is 4. The summed E-state index contributed by atoms with van der Waals surface area (Å²) in [4.78, 5) is 0. The number of benzene rings is 2. The standard InChI is InChI=1S/C20H21F2N3O/c1-20(9-11-23-12-10-20)13-26-19-18-15(22)6-4-8-17(18)25(24-19)16-7-3-2-5-14(16)21/h2-8,23H,9-13H2,1H3. The zero-order valence-electron chi connectivity index (χ0n) is 14.6. The predicted octanol–water partition coefficient (Wildman–Crippen LogP) is 4.07. The SMILES string of the molecule is CC1(COc2nn(-c3ccccc3F)c3cccc(F)c23)CCNCC1. The molecule has 6 heteroatoms. The summed E-state index contributed by atoms with van der Waals surface area (Å²) < 4.78 is 36.1. The minimum absolute atomic E-state index is 0.0185. The third kappa shape index (κ3) is 3.05. The first-order chi connectivity index (χ1) is 12.6. The van der Waals surface area contributed by atoms with Crippen molar-refractivity contribution < 1.29 is 13.5 Å². The van der Waals surface area contributed by atoms with Crippen LogP contribution in [0.25, 0.3) is 16.6 Å². The minimum atomic E-state index is -0.421. The number of fused-ring (bicyclic) bond motifs is 1. The van der Waals surface area contributed by atoms with Gasteiger partial charge in [0.2, 0.25) is 5.88 Å². The number of piperidine rings is 1. The zero-order valence-corrected chi connectivity index (χ0v) is 14.6. The normalized spacial score (nSPS) is 16.7. The number of nitrogens with one attached hydrogen (secondary N) is 1. The number of aromatic nitrogens is 2. The van der Waals surface area contributed by atoms with Gasteiger partial charge in [-0.2, -0.15) is 0 Å². The third-order valence-corrected chi connectivity index (χ3v) is 5.07. The summed E-state index contributed by atoms with van der Waals surface area (Å²) in [6.07, 6.45) is 1.98. The van der Waals surface area contributed by atoms with Gasteiger partial charge in [0.05, 0.1) is 17.5 Å². The molecule has 136 valence electrons. The van der Waals surface area contributed by atoms with Crippen LogP contribution in [0.4, 0.5) is 8.78 Å². The van der Waals surface area contributed by atoms with E-state index in [-0.39, 0.29) is 22.4 Å². The average Bonchev–Trinajstić information content (AvgIpc) is 3.01. The Labute approximate surface area is 150 Å².